The van der Waals surface area contributed by atoms with E-state index in [9.17, 15) is 4.79 Å². The molecule has 1 unspecified atom stereocenters. The van der Waals surface area contributed by atoms with E-state index in [0.29, 0.717) is 12.3 Å². The summed E-state index contributed by atoms with van der Waals surface area (Å²) in [5.41, 5.74) is 2.37. The third-order valence-corrected chi connectivity index (χ3v) is 4.32. The predicted octanol–water partition coefficient (Wildman–Crippen LogP) is 3.56. The molecule has 0 saturated carbocycles. The molecule has 1 atom stereocenters. The van der Waals surface area contributed by atoms with Crippen LogP contribution in [0.25, 0.3) is 0 Å². The van der Waals surface area contributed by atoms with Gasteiger partial charge in [-0.1, -0.05) is 45.8 Å². The van der Waals surface area contributed by atoms with Crippen LogP contribution in [-0.4, -0.2) is 29.2 Å². The van der Waals surface area contributed by atoms with Gasteiger partial charge in [-0.15, -0.1) is 0 Å². The van der Waals surface area contributed by atoms with Crippen LogP contribution in [0.1, 0.15) is 30.4 Å². The minimum Gasteiger partial charge on any atom is -0.342 e. The number of carbonyl (C=O) groups excluding carboxylic acids is 1. The molecule has 1 aromatic rings. The molecule has 0 aromatic heterocycles. The molecular weight excluding hydrogens is 302 g/mol. The van der Waals surface area contributed by atoms with E-state index in [-0.39, 0.29) is 5.91 Å². The Bertz CT molecular complexity index is 413. The minimum atomic E-state index is 0.281. The van der Waals surface area contributed by atoms with Crippen molar-refractivity contribution in [2.75, 3.05) is 18.4 Å². The van der Waals surface area contributed by atoms with Crippen LogP contribution >= 0.6 is 15.9 Å². The zero-order valence-corrected chi connectivity index (χ0v) is 13.2. The standard InChI is InChI=1S/C16H22BrNO/c1-13-4-6-14(7-5-13)11-16(19)18-10-2-3-15(12-18)8-9-17/h4-7,15H,2-3,8-12H2,1H3. The Balaban J connectivity index is 1.90. The number of piperidine rings is 1. The van der Waals surface area contributed by atoms with Gasteiger partial charge in [0, 0.05) is 18.4 Å². The first-order chi connectivity index (χ1) is 9.19. The molecule has 1 heterocycles. The van der Waals surface area contributed by atoms with Crippen molar-refractivity contribution in [3.63, 3.8) is 0 Å². The lowest BCUT2D eigenvalue weighted by molar-refractivity contribution is -0.132. The molecule has 1 amide bonds. The topological polar surface area (TPSA) is 20.3 Å². The van der Waals surface area contributed by atoms with Crippen LogP contribution in [0, 0.1) is 12.8 Å². The van der Waals surface area contributed by atoms with Crippen LogP contribution in [0.4, 0.5) is 0 Å². The molecule has 0 bridgehead atoms. The van der Waals surface area contributed by atoms with Crippen LogP contribution in [0.5, 0.6) is 0 Å². The largest absolute Gasteiger partial charge is 0.342 e. The summed E-state index contributed by atoms with van der Waals surface area (Å²) in [6, 6.07) is 8.28. The summed E-state index contributed by atoms with van der Waals surface area (Å²) in [5, 5.41) is 1.04. The van der Waals surface area contributed by atoms with Gasteiger partial charge in [0.05, 0.1) is 6.42 Å². The molecule has 1 aliphatic rings. The zero-order valence-electron chi connectivity index (χ0n) is 11.6. The molecular formula is C16H22BrNO. The van der Waals surface area contributed by atoms with Crippen molar-refractivity contribution >= 4 is 21.8 Å². The molecule has 1 fully saturated rings. The maximum atomic E-state index is 12.3. The molecule has 104 valence electrons. The number of rotatable bonds is 4. The second kappa shape index (κ2) is 7.09. The van der Waals surface area contributed by atoms with Crippen LogP contribution in [-0.2, 0) is 11.2 Å². The van der Waals surface area contributed by atoms with Gasteiger partial charge in [-0.25, -0.2) is 0 Å². The summed E-state index contributed by atoms with van der Waals surface area (Å²) < 4.78 is 0. The Morgan fingerprint density at radius 1 is 1.37 bits per heavy atom. The van der Waals surface area contributed by atoms with Gasteiger partial charge in [-0.05, 0) is 37.7 Å². The fourth-order valence-electron chi connectivity index (χ4n) is 2.67. The van der Waals surface area contributed by atoms with Crippen LogP contribution < -0.4 is 0 Å². The normalized spacial score (nSPS) is 19.5. The van der Waals surface area contributed by atoms with Crippen molar-refractivity contribution < 1.29 is 4.79 Å². The Hall–Kier alpha value is -0.830. The molecule has 3 heteroatoms. The van der Waals surface area contributed by atoms with E-state index in [1.165, 1.54) is 18.4 Å². The number of aryl methyl sites for hydroxylation is 1. The highest BCUT2D eigenvalue weighted by Gasteiger charge is 2.23. The minimum absolute atomic E-state index is 0.281. The van der Waals surface area contributed by atoms with Gasteiger partial charge >= 0.3 is 0 Å². The Kier molecular flexibility index (Phi) is 5.44. The number of likely N-dealkylation sites (tertiary alicyclic amines) is 1. The summed E-state index contributed by atoms with van der Waals surface area (Å²) in [5.74, 6) is 0.957. The van der Waals surface area contributed by atoms with E-state index in [4.69, 9.17) is 0 Å². The molecule has 0 spiro atoms. The summed E-state index contributed by atoms with van der Waals surface area (Å²) in [6.45, 7) is 3.95. The Morgan fingerprint density at radius 2 is 2.11 bits per heavy atom. The van der Waals surface area contributed by atoms with Gasteiger partial charge in [-0.3, -0.25) is 4.79 Å². The first-order valence-electron chi connectivity index (χ1n) is 7.08. The van der Waals surface area contributed by atoms with Crippen LogP contribution in [0.3, 0.4) is 0 Å². The van der Waals surface area contributed by atoms with Crippen molar-refractivity contribution in [2.24, 2.45) is 5.92 Å². The number of alkyl halides is 1. The first-order valence-corrected chi connectivity index (χ1v) is 8.20. The molecule has 1 saturated heterocycles. The Labute approximate surface area is 124 Å². The van der Waals surface area contributed by atoms with Crippen molar-refractivity contribution in [1.82, 2.24) is 4.90 Å². The van der Waals surface area contributed by atoms with Crippen LogP contribution in [0.2, 0.25) is 0 Å². The van der Waals surface area contributed by atoms with Crippen molar-refractivity contribution in [1.29, 1.82) is 0 Å². The summed E-state index contributed by atoms with van der Waals surface area (Å²) in [4.78, 5) is 14.4. The molecule has 1 aromatic carbocycles. The lowest BCUT2D eigenvalue weighted by Crippen LogP contribution is -2.40. The highest BCUT2D eigenvalue weighted by Crippen LogP contribution is 2.21. The van der Waals surface area contributed by atoms with E-state index >= 15 is 0 Å². The maximum Gasteiger partial charge on any atom is 0.226 e. The van der Waals surface area contributed by atoms with Crippen LogP contribution in [0.15, 0.2) is 24.3 Å². The highest BCUT2D eigenvalue weighted by atomic mass is 79.9. The molecule has 0 N–H and O–H groups in total. The molecule has 1 aliphatic heterocycles. The number of benzene rings is 1. The van der Waals surface area contributed by atoms with E-state index < -0.39 is 0 Å². The van der Waals surface area contributed by atoms with Gasteiger partial charge in [0.15, 0.2) is 0 Å². The van der Waals surface area contributed by atoms with Gasteiger partial charge in [0.1, 0.15) is 0 Å². The fraction of sp³-hybridized carbons (Fsp3) is 0.562. The lowest BCUT2D eigenvalue weighted by atomic mass is 9.95. The number of halogens is 1. The number of amides is 1. The summed E-state index contributed by atoms with van der Waals surface area (Å²) >= 11 is 3.50. The zero-order chi connectivity index (χ0) is 13.7. The number of hydrogen-bond donors (Lipinski definition) is 0. The monoisotopic (exact) mass is 323 g/mol. The van der Waals surface area contributed by atoms with Gasteiger partial charge in [0.2, 0.25) is 5.91 Å². The summed E-state index contributed by atoms with van der Waals surface area (Å²) in [6.07, 6.45) is 4.13. The van der Waals surface area contributed by atoms with E-state index in [1.807, 2.05) is 0 Å². The van der Waals surface area contributed by atoms with E-state index in [1.54, 1.807) is 0 Å². The van der Waals surface area contributed by atoms with Crippen molar-refractivity contribution in [3.05, 3.63) is 35.4 Å². The molecule has 19 heavy (non-hydrogen) atoms. The number of nitrogens with zero attached hydrogens (tertiary/aromatic N) is 1. The molecule has 2 nitrogen and oxygen atoms in total. The third-order valence-electron chi connectivity index (χ3n) is 3.87. The molecule has 0 radical (unpaired) electrons. The average molecular weight is 324 g/mol. The molecule has 0 aliphatic carbocycles. The average Bonchev–Trinajstić information content (AvgIpc) is 2.42. The SMILES string of the molecule is Cc1ccc(CC(=O)N2CCCC(CCBr)C2)cc1. The smallest absolute Gasteiger partial charge is 0.226 e. The first kappa shape index (κ1) is 14.6. The third kappa shape index (κ3) is 4.34. The van der Waals surface area contributed by atoms with E-state index in [2.05, 4.69) is 52.0 Å². The number of hydrogen-bond acceptors (Lipinski definition) is 1. The van der Waals surface area contributed by atoms with Gasteiger partial charge in [-0.2, -0.15) is 0 Å². The molecule has 2 rings (SSSR count). The highest BCUT2D eigenvalue weighted by molar-refractivity contribution is 9.09. The van der Waals surface area contributed by atoms with Gasteiger partial charge in [0.25, 0.3) is 0 Å². The van der Waals surface area contributed by atoms with Gasteiger partial charge < -0.3 is 4.90 Å². The van der Waals surface area contributed by atoms with Crippen molar-refractivity contribution in [3.8, 4) is 0 Å². The summed E-state index contributed by atoms with van der Waals surface area (Å²) in [7, 11) is 0. The predicted molar refractivity (Wildman–Crippen MR) is 82.6 cm³/mol. The maximum absolute atomic E-state index is 12.3. The van der Waals surface area contributed by atoms with E-state index in [0.717, 1.165) is 30.4 Å². The number of carbonyl (C=O) groups is 1. The Morgan fingerprint density at radius 3 is 2.79 bits per heavy atom. The second-order valence-electron chi connectivity index (χ2n) is 5.49. The second-order valence-corrected chi connectivity index (χ2v) is 6.28. The quantitative estimate of drug-likeness (QED) is 0.776. The van der Waals surface area contributed by atoms with Crippen molar-refractivity contribution in [2.45, 2.75) is 32.6 Å². The lowest BCUT2D eigenvalue weighted by Gasteiger charge is -2.32. The fourth-order valence-corrected chi connectivity index (χ4v) is 3.32.